The van der Waals surface area contributed by atoms with Crippen molar-refractivity contribution in [2.75, 3.05) is 0 Å². The minimum absolute atomic E-state index is 0.440. The molecule has 2 aliphatic rings. The van der Waals surface area contributed by atoms with Crippen molar-refractivity contribution in [2.24, 2.45) is 5.92 Å². The predicted octanol–water partition coefficient (Wildman–Crippen LogP) is 5.94. The average molecular weight is 463 g/mol. The molecule has 0 amide bonds. The van der Waals surface area contributed by atoms with Gasteiger partial charge >= 0.3 is 5.97 Å². The first-order chi connectivity index (χ1) is 16.0. The number of aryl methyl sites for hydroxylation is 2. The van der Waals surface area contributed by atoms with E-state index in [4.69, 9.17) is 4.74 Å². The molecule has 0 spiro atoms. The first-order valence-electron chi connectivity index (χ1n) is 12.1. The topological polar surface area (TPSA) is 72.3 Å². The lowest BCUT2D eigenvalue weighted by atomic mass is 9.79. The number of carbonyl (C=O) groups excluding carboxylic acids is 1. The Labute approximate surface area is 198 Å². The number of cyclic esters (lactones) is 1. The molecule has 5 rings (SSSR count). The summed E-state index contributed by atoms with van der Waals surface area (Å²) in [5.41, 5.74) is 6.55. The molecule has 0 radical (unpaired) electrons. The maximum absolute atomic E-state index is 13.3. The molecule has 1 fully saturated rings. The molecule has 2 aromatic carbocycles. The standard InChI is InChI=1S/C27H30N2O3S/c1-3-18-10-12-21(15-19(18)4-2)27(31)22(14-17-8-6-5-7-9-17)25(26(30)32-27)20-11-13-23-24(16-20)29-33-28-23/h10-13,15-17,31H,3-9,14H2,1-2H3. The second-order valence-electron chi connectivity index (χ2n) is 9.25. The fourth-order valence-electron chi connectivity index (χ4n) is 5.43. The van der Waals surface area contributed by atoms with Crippen LogP contribution in [0.15, 0.2) is 42.0 Å². The van der Waals surface area contributed by atoms with E-state index in [1.807, 2.05) is 30.3 Å². The number of hydrogen-bond acceptors (Lipinski definition) is 6. The Bertz CT molecular complexity index is 1230. The lowest BCUT2D eigenvalue weighted by molar-refractivity contribution is -0.185. The Hall–Kier alpha value is -2.57. The summed E-state index contributed by atoms with van der Waals surface area (Å²) < 4.78 is 14.5. The van der Waals surface area contributed by atoms with Crippen LogP contribution in [-0.2, 0) is 28.2 Å². The van der Waals surface area contributed by atoms with E-state index in [0.29, 0.717) is 29.0 Å². The Morgan fingerprint density at radius 1 is 1.00 bits per heavy atom. The zero-order chi connectivity index (χ0) is 23.0. The highest BCUT2D eigenvalue weighted by atomic mass is 32.1. The molecule has 1 aliphatic heterocycles. The molecule has 1 aromatic heterocycles. The van der Waals surface area contributed by atoms with Gasteiger partial charge in [-0.15, -0.1) is 0 Å². The van der Waals surface area contributed by atoms with Crippen LogP contribution < -0.4 is 0 Å². The summed E-state index contributed by atoms with van der Waals surface area (Å²) in [6.07, 6.45) is 8.33. The van der Waals surface area contributed by atoms with Gasteiger partial charge in [-0.05, 0) is 60.1 Å². The van der Waals surface area contributed by atoms with Gasteiger partial charge in [0.2, 0.25) is 0 Å². The summed E-state index contributed by atoms with van der Waals surface area (Å²) in [7, 11) is 0. The zero-order valence-corrected chi connectivity index (χ0v) is 20.1. The molecule has 0 saturated heterocycles. The van der Waals surface area contributed by atoms with Gasteiger partial charge in [-0.1, -0.05) is 64.2 Å². The number of esters is 1. The Morgan fingerprint density at radius 3 is 2.52 bits per heavy atom. The summed E-state index contributed by atoms with van der Waals surface area (Å²) in [4.78, 5) is 13.3. The molecule has 172 valence electrons. The molecule has 1 N–H and O–H groups in total. The van der Waals surface area contributed by atoms with Gasteiger partial charge < -0.3 is 9.84 Å². The monoisotopic (exact) mass is 462 g/mol. The first-order valence-corrected chi connectivity index (χ1v) is 12.8. The predicted molar refractivity (Wildman–Crippen MR) is 131 cm³/mol. The lowest BCUT2D eigenvalue weighted by Crippen LogP contribution is -2.30. The second kappa shape index (κ2) is 8.99. The number of aromatic nitrogens is 2. The number of nitrogens with zero attached hydrogens (tertiary/aromatic N) is 2. The van der Waals surface area contributed by atoms with Gasteiger partial charge in [0, 0.05) is 11.1 Å². The van der Waals surface area contributed by atoms with Crippen molar-refractivity contribution in [1.82, 2.24) is 8.75 Å². The van der Waals surface area contributed by atoms with Gasteiger partial charge in [0.05, 0.1) is 17.3 Å². The smallest absolute Gasteiger partial charge is 0.341 e. The highest BCUT2D eigenvalue weighted by Gasteiger charge is 2.48. The Balaban J connectivity index is 1.65. The van der Waals surface area contributed by atoms with Crippen LogP contribution in [-0.4, -0.2) is 19.8 Å². The summed E-state index contributed by atoms with van der Waals surface area (Å²) >= 11 is 1.16. The van der Waals surface area contributed by atoms with Crippen molar-refractivity contribution >= 4 is 34.3 Å². The molecule has 1 atom stereocenters. The number of rotatable bonds is 6. The normalized spacial score (nSPS) is 21.7. The van der Waals surface area contributed by atoms with E-state index in [9.17, 15) is 9.90 Å². The first kappa shape index (κ1) is 22.2. The number of aliphatic hydroxyl groups is 1. The largest absolute Gasteiger partial charge is 0.421 e. The summed E-state index contributed by atoms with van der Waals surface area (Å²) in [5, 5.41) is 12.0. The minimum Gasteiger partial charge on any atom is -0.421 e. The molecule has 33 heavy (non-hydrogen) atoms. The number of carbonyl (C=O) groups is 1. The van der Waals surface area contributed by atoms with Crippen LogP contribution >= 0.6 is 11.7 Å². The maximum Gasteiger partial charge on any atom is 0.341 e. The van der Waals surface area contributed by atoms with Crippen LogP contribution in [0.4, 0.5) is 0 Å². The van der Waals surface area contributed by atoms with E-state index >= 15 is 0 Å². The van der Waals surface area contributed by atoms with E-state index < -0.39 is 11.8 Å². The van der Waals surface area contributed by atoms with Crippen LogP contribution in [0.25, 0.3) is 16.6 Å². The van der Waals surface area contributed by atoms with Gasteiger partial charge in [0.15, 0.2) is 0 Å². The molecule has 0 bridgehead atoms. The van der Waals surface area contributed by atoms with Crippen molar-refractivity contribution in [3.63, 3.8) is 0 Å². The van der Waals surface area contributed by atoms with E-state index in [1.165, 1.54) is 30.4 Å². The van der Waals surface area contributed by atoms with E-state index in [1.54, 1.807) is 0 Å². The van der Waals surface area contributed by atoms with Crippen molar-refractivity contribution in [1.29, 1.82) is 0 Å². The van der Waals surface area contributed by atoms with Crippen molar-refractivity contribution in [2.45, 2.75) is 71.0 Å². The van der Waals surface area contributed by atoms with Crippen LogP contribution in [0.5, 0.6) is 0 Å². The van der Waals surface area contributed by atoms with Gasteiger partial charge in [0.25, 0.3) is 5.79 Å². The van der Waals surface area contributed by atoms with Crippen molar-refractivity contribution in [3.05, 3.63) is 64.2 Å². The Morgan fingerprint density at radius 2 is 1.76 bits per heavy atom. The number of fused-ring (bicyclic) bond motifs is 1. The highest BCUT2D eigenvalue weighted by Crippen LogP contribution is 2.48. The fourth-order valence-corrected chi connectivity index (χ4v) is 5.95. The Kier molecular flexibility index (Phi) is 6.06. The summed E-state index contributed by atoms with van der Waals surface area (Å²) in [6, 6.07) is 11.7. The zero-order valence-electron chi connectivity index (χ0n) is 19.3. The number of benzene rings is 2. The van der Waals surface area contributed by atoms with Gasteiger partial charge in [0.1, 0.15) is 11.0 Å². The molecule has 6 heteroatoms. The highest BCUT2D eigenvalue weighted by molar-refractivity contribution is 7.00. The second-order valence-corrected chi connectivity index (χ2v) is 9.78. The molecule has 1 aliphatic carbocycles. The van der Waals surface area contributed by atoms with Gasteiger partial charge in [-0.2, -0.15) is 8.75 Å². The molecule has 5 nitrogen and oxygen atoms in total. The molecular weight excluding hydrogens is 432 g/mol. The third-order valence-corrected chi connectivity index (χ3v) is 7.83. The molecule has 1 unspecified atom stereocenters. The van der Waals surface area contributed by atoms with Crippen molar-refractivity contribution < 1.29 is 14.6 Å². The van der Waals surface area contributed by atoms with Crippen LogP contribution in [0.3, 0.4) is 0 Å². The molecule has 3 aromatic rings. The van der Waals surface area contributed by atoms with Gasteiger partial charge in [-0.3, -0.25) is 0 Å². The van der Waals surface area contributed by atoms with E-state index in [0.717, 1.165) is 54.0 Å². The van der Waals surface area contributed by atoms with Crippen LogP contribution in [0.1, 0.15) is 74.6 Å². The van der Waals surface area contributed by atoms with Crippen LogP contribution in [0, 0.1) is 5.92 Å². The number of ether oxygens (including phenoxy) is 1. The summed E-state index contributed by atoms with van der Waals surface area (Å²) in [6.45, 7) is 4.25. The summed E-state index contributed by atoms with van der Waals surface area (Å²) in [5.74, 6) is -1.77. The fraction of sp³-hybridized carbons (Fsp3) is 0.444. The van der Waals surface area contributed by atoms with Crippen molar-refractivity contribution in [3.8, 4) is 0 Å². The molecular formula is C27H30N2O3S. The van der Waals surface area contributed by atoms with Gasteiger partial charge in [-0.25, -0.2) is 4.79 Å². The lowest BCUT2D eigenvalue weighted by Gasteiger charge is -2.30. The third kappa shape index (κ3) is 4.00. The van der Waals surface area contributed by atoms with Crippen LogP contribution in [0.2, 0.25) is 0 Å². The third-order valence-electron chi connectivity index (χ3n) is 7.27. The average Bonchev–Trinajstić information content (AvgIpc) is 3.41. The molecule has 1 saturated carbocycles. The molecule has 2 heterocycles. The number of hydrogen-bond donors (Lipinski definition) is 1. The maximum atomic E-state index is 13.3. The van der Waals surface area contributed by atoms with E-state index in [-0.39, 0.29) is 0 Å². The SMILES string of the molecule is CCc1ccc(C2(O)OC(=O)C(c3ccc4nsnc4c3)=C2CC2CCCCC2)cc1CC. The minimum atomic E-state index is -1.74. The van der Waals surface area contributed by atoms with E-state index in [2.05, 4.69) is 28.7 Å². The quantitative estimate of drug-likeness (QED) is 0.459.